The molecule has 0 spiro atoms. The molecule has 4 rings (SSSR count). The molecule has 4 aliphatic rings. The highest BCUT2D eigenvalue weighted by atomic mass is 16.3. The summed E-state index contributed by atoms with van der Waals surface area (Å²) in [5.41, 5.74) is 0.310. The third kappa shape index (κ3) is 1.89. The van der Waals surface area contributed by atoms with E-state index in [9.17, 15) is 5.11 Å². The Hall–Kier alpha value is -0.120. The lowest BCUT2D eigenvalue weighted by Gasteiger charge is -2.57. The fraction of sp³-hybridized carbons (Fsp3) is 1.00. The van der Waals surface area contributed by atoms with Crippen molar-refractivity contribution in [2.75, 3.05) is 13.2 Å². The van der Waals surface area contributed by atoms with Crippen molar-refractivity contribution in [3.8, 4) is 0 Å². The van der Waals surface area contributed by atoms with Crippen LogP contribution in [0.4, 0.5) is 0 Å². The van der Waals surface area contributed by atoms with E-state index in [-0.39, 0.29) is 6.61 Å². The highest BCUT2D eigenvalue weighted by molar-refractivity contribution is 5.06. The monoisotopic (exact) mass is 225 g/mol. The molecule has 0 aromatic heterocycles. The summed E-state index contributed by atoms with van der Waals surface area (Å²) in [6.45, 7) is 0.433. The number of rotatable bonds is 4. The molecule has 4 fully saturated rings. The van der Waals surface area contributed by atoms with Gasteiger partial charge in [0.2, 0.25) is 0 Å². The van der Waals surface area contributed by atoms with Crippen LogP contribution < -0.4 is 5.32 Å². The van der Waals surface area contributed by atoms with Crippen LogP contribution in [0.25, 0.3) is 0 Å². The van der Waals surface area contributed by atoms with E-state index in [2.05, 4.69) is 5.32 Å². The first-order valence-electron chi connectivity index (χ1n) is 6.73. The minimum Gasteiger partial charge on any atom is -0.394 e. The largest absolute Gasteiger partial charge is 0.394 e. The van der Waals surface area contributed by atoms with Crippen molar-refractivity contribution in [1.82, 2.24) is 5.32 Å². The smallest absolute Gasteiger partial charge is 0.0895 e. The number of aliphatic hydroxyl groups excluding tert-OH is 2. The molecule has 1 unspecified atom stereocenters. The van der Waals surface area contributed by atoms with Gasteiger partial charge in [0.15, 0.2) is 0 Å². The van der Waals surface area contributed by atoms with Gasteiger partial charge in [0.25, 0.3) is 0 Å². The predicted molar refractivity (Wildman–Crippen MR) is 62.0 cm³/mol. The average Bonchev–Trinajstić information content (AvgIpc) is 2.24. The summed E-state index contributed by atoms with van der Waals surface area (Å²) in [4.78, 5) is 0. The number of β-amino-alcohol motifs (C(OH)–C–C–N with tert-alkyl or cyclic N) is 1. The fourth-order valence-electron chi connectivity index (χ4n) is 4.73. The lowest BCUT2D eigenvalue weighted by atomic mass is 9.53. The maximum atomic E-state index is 9.45. The molecular weight excluding hydrogens is 202 g/mol. The van der Waals surface area contributed by atoms with Gasteiger partial charge in [-0.3, -0.25) is 0 Å². The van der Waals surface area contributed by atoms with Crippen LogP contribution >= 0.6 is 0 Å². The van der Waals surface area contributed by atoms with E-state index in [1.54, 1.807) is 0 Å². The number of aliphatic hydroxyl groups is 2. The summed E-state index contributed by atoms with van der Waals surface area (Å²) in [7, 11) is 0. The molecule has 3 nitrogen and oxygen atoms in total. The Kier molecular flexibility index (Phi) is 2.73. The van der Waals surface area contributed by atoms with Gasteiger partial charge in [-0.1, -0.05) is 0 Å². The Morgan fingerprint density at radius 1 is 1.06 bits per heavy atom. The van der Waals surface area contributed by atoms with Crippen LogP contribution in [-0.4, -0.2) is 35.0 Å². The predicted octanol–water partition coefficient (Wildman–Crippen LogP) is 0.898. The second-order valence-corrected chi connectivity index (χ2v) is 6.42. The van der Waals surface area contributed by atoms with Gasteiger partial charge in [-0.25, -0.2) is 0 Å². The molecule has 0 amide bonds. The van der Waals surface area contributed by atoms with Gasteiger partial charge < -0.3 is 15.5 Å². The summed E-state index contributed by atoms with van der Waals surface area (Å²) in [6, 6.07) is 0. The van der Waals surface area contributed by atoms with E-state index in [1.807, 2.05) is 0 Å². The normalized spacial score (nSPS) is 47.2. The number of hydrogen-bond acceptors (Lipinski definition) is 3. The summed E-state index contributed by atoms with van der Waals surface area (Å²) < 4.78 is 0. The first kappa shape index (κ1) is 11.0. The van der Waals surface area contributed by atoms with Crippen LogP contribution in [0.2, 0.25) is 0 Å². The molecular formula is C13H23NO2. The second kappa shape index (κ2) is 3.97. The first-order chi connectivity index (χ1) is 7.69. The third-order valence-electron chi connectivity index (χ3n) is 4.96. The molecule has 3 heteroatoms. The fourth-order valence-corrected chi connectivity index (χ4v) is 4.73. The molecule has 4 aliphatic carbocycles. The molecule has 0 aromatic rings. The molecule has 16 heavy (non-hydrogen) atoms. The van der Waals surface area contributed by atoms with Crippen LogP contribution in [0.3, 0.4) is 0 Å². The van der Waals surface area contributed by atoms with E-state index in [4.69, 9.17) is 5.11 Å². The topological polar surface area (TPSA) is 52.5 Å². The summed E-state index contributed by atoms with van der Waals surface area (Å²) in [5, 5.41) is 21.9. The first-order valence-corrected chi connectivity index (χ1v) is 6.73. The van der Waals surface area contributed by atoms with Crippen molar-refractivity contribution in [2.24, 2.45) is 17.8 Å². The van der Waals surface area contributed by atoms with Gasteiger partial charge >= 0.3 is 0 Å². The van der Waals surface area contributed by atoms with E-state index in [0.29, 0.717) is 12.1 Å². The SMILES string of the molecule is OCC(O)CNC12CC3CC(CC(C3)C1)C2. The molecule has 0 saturated heterocycles. The van der Waals surface area contributed by atoms with Gasteiger partial charge in [0.05, 0.1) is 12.7 Å². The van der Waals surface area contributed by atoms with Crippen molar-refractivity contribution in [1.29, 1.82) is 0 Å². The minimum atomic E-state index is -0.590. The second-order valence-electron chi connectivity index (χ2n) is 6.42. The van der Waals surface area contributed by atoms with Gasteiger partial charge in [-0.15, -0.1) is 0 Å². The molecule has 0 heterocycles. The summed E-state index contributed by atoms with van der Waals surface area (Å²) in [5.74, 6) is 2.81. The molecule has 4 saturated carbocycles. The van der Waals surface area contributed by atoms with Crippen molar-refractivity contribution in [3.63, 3.8) is 0 Å². The lowest BCUT2D eigenvalue weighted by molar-refractivity contribution is -0.0272. The maximum absolute atomic E-state index is 9.45. The summed E-state index contributed by atoms with van der Waals surface area (Å²) in [6.07, 6.45) is 7.66. The molecule has 4 bridgehead atoms. The van der Waals surface area contributed by atoms with Crippen molar-refractivity contribution in [2.45, 2.75) is 50.2 Å². The standard InChI is InChI=1S/C13H23NO2/c15-8-12(16)7-14-13-4-9-1-10(5-13)3-11(2-9)6-13/h9-12,14-16H,1-8H2. The minimum absolute atomic E-state index is 0.126. The van der Waals surface area contributed by atoms with Crippen LogP contribution in [0.5, 0.6) is 0 Å². The highest BCUT2D eigenvalue weighted by Gasteiger charge is 2.50. The molecule has 0 aliphatic heterocycles. The van der Waals surface area contributed by atoms with Crippen molar-refractivity contribution < 1.29 is 10.2 Å². The van der Waals surface area contributed by atoms with Crippen molar-refractivity contribution >= 4 is 0 Å². The Morgan fingerprint density at radius 3 is 2.00 bits per heavy atom. The third-order valence-corrected chi connectivity index (χ3v) is 4.96. The van der Waals surface area contributed by atoms with Gasteiger partial charge in [-0.05, 0) is 56.3 Å². The van der Waals surface area contributed by atoms with Crippen molar-refractivity contribution in [3.05, 3.63) is 0 Å². The highest BCUT2D eigenvalue weighted by Crippen LogP contribution is 2.55. The quantitative estimate of drug-likeness (QED) is 0.666. The van der Waals surface area contributed by atoms with E-state index < -0.39 is 6.10 Å². The Bertz CT molecular complexity index is 231. The van der Waals surface area contributed by atoms with E-state index >= 15 is 0 Å². The zero-order chi connectivity index (χ0) is 11.2. The van der Waals surface area contributed by atoms with Gasteiger partial charge in [-0.2, -0.15) is 0 Å². The van der Waals surface area contributed by atoms with E-state index in [1.165, 1.54) is 38.5 Å². The number of nitrogens with one attached hydrogen (secondary N) is 1. The maximum Gasteiger partial charge on any atom is 0.0895 e. The van der Waals surface area contributed by atoms with Crippen LogP contribution in [-0.2, 0) is 0 Å². The summed E-state index contributed by atoms with van der Waals surface area (Å²) >= 11 is 0. The Labute approximate surface area is 97.2 Å². The molecule has 1 atom stereocenters. The van der Waals surface area contributed by atoms with E-state index in [0.717, 1.165) is 17.8 Å². The number of hydrogen-bond donors (Lipinski definition) is 3. The Balaban J connectivity index is 1.64. The average molecular weight is 225 g/mol. The molecule has 0 aromatic carbocycles. The van der Waals surface area contributed by atoms with Crippen LogP contribution in [0.15, 0.2) is 0 Å². The molecule has 0 radical (unpaired) electrons. The van der Waals surface area contributed by atoms with Crippen LogP contribution in [0.1, 0.15) is 38.5 Å². The van der Waals surface area contributed by atoms with Gasteiger partial charge in [0.1, 0.15) is 0 Å². The Morgan fingerprint density at radius 2 is 1.56 bits per heavy atom. The zero-order valence-electron chi connectivity index (χ0n) is 9.86. The lowest BCUT2D eigenvalue weighted by Crippen LogP contribution is -2.59. The zero-order valence-corrected chi connectivity index (χ0v) is 9.86. The van der Waals surface area contributed by atoms with Gasteiger partial charge in [0, 0.05) is 12.1 Å². The molecule has 92 valence electrons. The van der Waals surface area contributed by atoms with Crippen LogP contribution in [0, 0.1) is 17.8 Å². The molecule has 3 N–H and O–H groups in total.